The van der Waals surface area contributed by atoms with E-state index >= 15 is 0 Å². The first-order valence-corrected chi connectivity index (χ1v) is 13.6. The van der Waals surface area contributed by atoms with Crippen LogP contribution in [-0.2, 0) is 9.59 Å². The number of nitrogens with zero attached hydrogens (tertiary/aromatic N) is 2. The molecule has 3 aromatic carbocycles. The summed E-state index contributed by atoms with van der Waals surface area (Å²) < 4.78 is 17.5. The first-order valence-electron chi connectivity index (χ1n) is 12.8. The van der Waals surface area contributed by atoms with Crippen LogP contribution in [0.15, 0.2) is 85.0 Å². The zero-order chi connectivity index (χ0) is 28.2. The Hall–Kier alpha value is -4.63. The number of ketones is 1. The van der Waals surface area contributed by atoms with Crippen LogP contribution in [0.1, 0.15) is 30.5 Å². The number of carbonyl (C=O) groups is 2. The van der Waals surface area contributed by atoms with Gasteiger partial charge in [0.2, 0.25) is 0 Å². The average molecular weight is 557 g/mol. The summed E-state index contributed by atoms with van der Waals surface area (Å²) in [6.45, 7) is 6.55. The lowest BCUT2D eigenvalue weighted by Gasteiger charge is -2.23. The second kappa shape index (κ2) is 11.6. The summed E-state index contributed by atoms with van der Waals surface area (Å²) in [7, 11) is 1.57. The van der Waals surface area contributed by atoms with Crippen LogP contribution in [0.25, 0.3) is 16.0 Å². The van der Waals surface area contributed by atoms with Gasteiger partial charge in [0, 0.05) is 5.56 Å². The van der Waals surface area contributed by atoms with Gasteiger partial charge in [-0.1, -0.05) is 43.0 Å². The van der Waals surface area contributed by atoms with E-state index < -0.39 is 17.7 Å². The molecule has 8 nitrogen and oxygen atoms in total. The van der Waals surface area contributed by atoms with Gasteiger partial charge in [-0.2, -0.15) is 0 Å². The third-order valence-corrected chi connectivity index (χ3v) is 7.39. The Labute approximate surface area is 235 Å². The predicted octanol–water partition coefficient (Wildman–Crippen LogP) is 6.28. The molecule has 2 heterocycles. The highest BCUT2D eigenvalue weighted by Crippen LogP contribution is 2.45. The van der Waals surface area contributed by atoms with Crippen molar-refractivity contribution < 1.29 is 28.9 Å². The SMILES string of the molecule is C=CCOc1cccc(C2/C(=C(\O)c3ccc(OCCC)cc3)C(=O)C(=O)N2c2nc3ccc(OC)cc3s2)c1. The van der Waals surface area contributed by atoms with Gasteiger partial charge in [0.05, 0.1) is 35.5 Å². The molecular formula is C31H28N2O6S. The molecule has 0 spiro atoms. The summed E-state index contributed by atoms with van der Waals surface area (Å²) in [5.41, 5.74) is 1.60. The first kappa shape index (κ1) is 27.0. The Morgan fingerprint density at radius 3 is 2.55 bits per heavy atom. The number of hydrogen-bond acceptors (Lipinski definition) is 8. The van der Waals surface area contributed by atoms with Gasteiger partial charge < -0.3 is 19.3 Å². The summed E-state index contributed by atoms with van der Waals surface area (Å²) in [5.74, 6) is -0.0319. The van der Waals surface area contributed by atoms with Crippen LogP contribution < -0.4 is 19.1 Å². The van der Waals surface area contributed by atoms with Gasteiger partial charge in [-0.15, -0.1) is 0 Å². The molecule has 1 aromatic heterocycles. The van der Waals surface area contributed by atoms with E-state index in [1.54, 1.807) is 73.8 Å². The number of rotatable bonds is 10. The maximum atomic E-state index is 13.6. The fourth-order valence-corrected chi connectivity index (χ4v) is 5.50. The van der Waals surface area contributed by atoms with Crippen LogP contribution in [-0.4, -0.2) is 42.1 Å². The van der Waals surface area contributed by atoms with E-state index in [4.69, 9.17) is 14.2 Å². The standard InChI is InChI=1S/C31H28N2O6S/c1-4-15-38-21-11-9-19(10-12-21)28(34)26-27(20-7-6-8-23(17-20)39-16-5-2)33(30(36)29(26)35)31-32-24-14-13-22(37-3)18-25(24)40-31/h5-14,17-18,27,34H,2,4,15-16H2,1,3H3/b28-26+. The molecule has 1 atom stereocenters. The van der Waals surface area contributed by atoms with Gasteiger partial charge in [0.1, 0.15) is 29.6 Å². The summed E-state index contributed by atoms with van der Waals surface area (Å²) in [5, 5.41) is 11.8. The number of benzene rings is 3. The summed E-state index contributed by atoms with van der Waals surface area (Å²) in [6.07, 6.45) is 2.49. The van der Waals surface area contributed by atoms with Crippen molar-refractivity contribution in [3.8, 4) is 17.2 Å². The van der Waals surface area contributed by atoms with E-state index in [1.165, 1.54) is 16.2 Å². The van der Waals surface area contributed by atoms with Gasteiger partial charge in [-0.25, -0.2) is 4.98 Å². The normalized spacial score (nSPS) is 16.4. The van der Waals surface area contributed by atoms with E-state index in [-0.39, 0.29) is 17.9 Å². The Morgan fingerprint density at radius 1 is 1.05 bits per heavy atom. The molecule has 0 radical (unpaired) electrons. The molecule has 1 fully saturated rings. The molecule has 0 bridgehead atoms. The van der Waals surface area contributed by atoms with Gasteiger partial charge in [0.15, 0.2) is 5.13 Å². The smallest absolute Gasteiger partial charge is 0.301 e. The molecule has 1 N–H and O–H groups in total. The number of thiazole rings is 1. The minimum absolute atomic E-state index is 0.0371. The Bertz CT molecular complexity index is 1610. The molecule has 0 aliphatic carbocycles. The van der Waals surface area contributed by atoms with E-state index in [0.29, 0.717) is 45.6 Å². The fourth-order valence-electron chi connectivity index (χ4n) is 4.48. The van der Waals surface area contributed by atoms with Crippen LogP contribution >= 0.6 is 11.3 Å². The number of fused-ring (bicyclic) bond motifs is 1. The Kier molecular flexibility index (Phi) is 7.84. The van der Waals surface area contributed by atoms with Crippen molar-refractivity contribution in [3.05, 3.63) is 96.1 Å². The number of anilines is 1. The maximum Gasteiger partial charge on any atom is 0.301 e. The van der Waals surface area contributed by atoms with Gasteiger partial charge in [-0.05, 0) is 66.6 Å². The number of hydrogen-bond donors (Lipinski definition) is 1. The minimum Gasteiger partial charge on any atom is -0.507 e. The fraction of sp³-hybridized carbons (Fsp3) is 0.194. The highest BCUT2D eigenvalue weighted by atomic mass is 32.1. The zero-order valence-electron chi connectivity index (χ0n) is 22.1. The molecule has 204 valence electrons. The molecule has 1 amide bonds. The molecule has 1 aliphatic rings. The largest absolute Gasteiger partial charge is 0.507 e. The van der Waals surface area contributed by atoms with Crippen LogP contribution in [0, 0.1) is 0 Å². The maximum absolute atomic E-state index is 13.6. The monoisotopic (exact) mass is 556 g/mol. The Morgan fingerprint density at radius 2 is 1.82 bits per heavy atom. The van der Waals surface area contributed by atoms with Gasteiger partial charge in [0.25, 0.3) is 5.78 Å². The summed E-state index contributed by atoms with van der Waals surface area (Å²) >= 11 is 1.26. The third-order valence-electron chi connectivity index (χ3n) is 6.38. The number of carbonyl (C=O) groups excluding carboxylic acids is 2. The van der Waals surface area contributed by atoms with Crippen molar-refractivity contribution in [3.63, 3.8) is 0 Å². The average Bonchev–Trinajstić information content (AvgIpc) is 3.52. The van der Waals surface area contributed by atoms with E-state index in [1.807, 2.05) is 13.0 Å². The number of methoxy groups -OCH3 is 1. The molecule has 1 aliphatic heterocycles. The Balaban J connectivity index is 1.65. The van der Waals surface area contributed by atoms with Gasteiger partial charge >= 0.3 is 5.91 Å². The molecule has 1 unspecified atom stereocenters. The molecule has 1 saturated heterocycles. The lowest BCUT2D eigenvalue weighted by Crippen LogP contribution is -2.29. The van der Waals surface area contributed by atoms with Gasteiger partial charge in [-0.3, -0.25) is 14.5 Å². The third kappa shape index (κ3) is 5.15. The van der Waals surface area contributed by atoms with Crippen LogP contribution in [0.5, 0.6) is 17.2 Å². The zero-order valence-corrected chi connectivity index (χ0v) is 22.9. The second-order valence-corrected chi connectivity index (χ2v) is 10.1. The van der Waals surface area contributed by atoms with Crippen molar-refractivity contribution in [1.29, 1.82) is 0 Å². The van der Waals surface area contributed by atoms with E-state index in [9.17, 15) is 14.7 Å². The predicted molar refractivity (Wildman–Crippen MR) is 155 cm³/mol. The molecular weight excluding hydrogens is 528 g/mol. The lowest BCUT2D eigenvalue weighted by atomic mass is 9.95. The van der Waals surface area contributed by atoms with Crippen molar-refractivity contribution >= 4 is 44.1 Å². The van der Waals surface area contributed by atoms with E-state index in [2.05, 4.69) is 11.6 Å². The molecule has 9 heteroatoms. The van der Waals surface area contributed by atoms with Crippen molar-refractivity contribution in [2.24, 2.45) is 0 Å². The molecule has 5 rings (SSSR count). The second-order valence-electron chi connectivity index (χ2n) is 9.04. The molecule has 4 aromatic rings. The van der Waals surface area contributed by atoms with Crippen LogP contribution in [0.2, 0.25) is 0 Å². The molecule has 40 heavy (non-hydrogen) atoms. The van der Waals surface area contributed by atoms with E-state index in [0.717, 1.165) is 11.1 Å². The number of amides is 1. The highest BCUT2D eigenvalue weighted by Gasteiger charge is 2.48. The lowest BCUT2D eigenvalue weighted by molar-refractivity contribution is -0.132. The highest BCUT2D eigenvalue weighted by molar-refractivity contribution is 7.22. The number of aliphatic hydroxyl groups excluding tert-OH is 1. The van der Waals surface area contributed by atoms with Crippen molar-refractivity contribution in [2.75, 3.05) is 25.2 Å². The quantitative estimate of drug-likeness (QED) is 0.106. The number of ether oxygens (including phenoxy) is 3. The van der Waals surface area contributed by atoms with Crippen LogP contribution in [0.4, 0.5) is 5.13 Å². The summed E-state index contributed by atoms with van der Waals surface area (Å²) in [6, 6.07) is 18.3. The minimum atomic E-state index is -0.939. The number of Topliss-reactive ketones (excluding diaryl/α,β-unsaturated/α-hetero) is 1. The molecule has 0 saturated carbocycles. The first-order chi connectivity index (χ1) is 19.4. The number of aliphatic hydroxyl groups is 1. The topological polar surface area (TPSA) is 98.2 Å². The summed E-state index contributed by atoms with van der Waals surface area (Å²) in [4.78, 5) is 33.1. The van der Waals surface area contributed by atoms with Crippen molar-refractivity contribution in [2.45, 2.75) is 19.4 Å². The van der Waals surface area contributed by atoms with Crippen LogP contribution in [0.3, 0.4) is 0 Å². The number of aromatic nitrogens is 1. The van der Waals surface area contributed by atoms with Crippen molar-refractivity contribution in [1.82, 2.24) is 4.98 Å².